The molecule has 0 radical (unpaired) electrons. The minimum atomic E-state index is 0.172. The Morgan fingerprint density at radius 3 is 2.17 bits per heavy atom. The molecule has 0 N–H and O–H groups in total. The average molecular weight is 103 g/mol. The van der Waals surface area contributed by atoms with E-state index in [0.29, 0.717) is 0 Å². The molecule has 0 atom stereocenters. The first-order chi connectivity index (χ1) is 2.81. The molecule has 0 bridgehead atoms. The first kappa shape index (κ1) is 6.18. The van der Waals surface area contributed by atoms with Crippen LogP contribution in [0.15, 0.2) is 0 Å². The van der Waals surface area contributed by atoms with Crippen LogP contribution >= 0.6 is 0 Å². The van der Waals surface area contributed by atoms with Crippen molar-refractivity contribution in [3.63, 3.8) is 0 Å². The van der Waals surface area contributed by atoms with Gasteiger partial charge in [0, 0.05) is 0 Å². The molecule has 6 heavy (non-hydrogen) atoms. The summed E-state index contributed by atoms with van der Waals surface area (Å²) in [5.74, 6) is 0. The summed E-state index contributed by atoms with van der Waals surface area (Å²) in [6, 6.07) is 0. The molecule has 0 aromatic rings. The minimum Gasteiger partial charge on any atom is -0.332 e. The van der Waals surface area contributed by atoms with E-state index in [1.165, 1.54) is 6.54 Å². The van der Waals surface area contributed by atoms with Crippen LogP contribution < -0.4 is 0 Å². The van der Waals surface area contributed by atoms with Gasteiger partial charge in [-0.2, -0.15) is 0 Å². The van der Waals surface area contributed by atoms with Crippen molar-refractivity contribution in [2.45, 2.75) is 13.5 Å². The van der Waals surface area contributed by atoms with Gasteiger partial charge in [0.05, 0.1) is 9.68 Å². The maximum absolute atomic E-state index is 2.39. The average Bonchev–Trinajstić information content (AvgIpc) is 1.65. The van der Waals surface area contributed by atoms with Crippen LogP contribution in [0.1, 0.15) is 6.92 Å². The Balaban J connectivity index is 2.75. The lowest BCUT2D eigenvalue weighted by molar-refractivity contribution is 0.570. The standard InChI is InChI=1S/C4H13NSi/c1-4-5(2)6-3/h4,6H2,1-3H3. The van der Waals surface area contributed by atoms with Gasteiger partial charge in [-0.1, -0.05) is 13.5 Å². The molecule has 0 heterocycles. The van der Waals surface area contributed by atoms with Gasteiger partial charge in [0.2, 0.25) is 0 Å². The summed E-state index contributed by atoms with van der Waals surface area (Å²) in [7, 11) is 2.34. The van der Waals surface area contributed by atoms with Crippen molar-refractivity contribution >= 4 is 9.68 Å². The fourth-order valence-electron chi connectivity index (χ4n) is 0.224. The monoisotopic (exact) mass is 103 g/mol. The molecular formula is C4H13NSi. The molecule has 0 saturated carbocycles. The Kier molecular flexibility index (Phi) is 3.47. The molecule has 0 unspecified atom stereocenters. The highest BCUT2D eigenvalue weighted by molar-refractivity contribution is 6.29. The third-order valence-electron chi connectivity index (χ3n) is 1.08. The van der Waals surface area contributed by atoms with Gasteiger partial charge in [0.15, 0.2) is 0 Å². The van der Waals surface area contributed by atoms with Crippen LogP contribution in [-0.4, -0.2) is 27.8 Å². The van der Waals surface area contributed by atoms with E-state index in [9.17, 15) is 0 Å². The van der Waals surface area contributed by atoms with E-state index in [1.54, 1.807) is 0 Å². The molecule has 0 rings (SSSR count). The van der Waals surface area contributed by atoms with E-state index in [0.717, 1.165) is 0 Å². The van der Waals surface area contributed by atoms with Crippen LogP contribution in [0.5, 0.6) is 0 Å². The summed E-state index contributed by atoms with van der Waals surface area (Å²) in [4.78, 5) is 0. The van der Waals surface area contributed by atoms with Crippen molar-refractivity contribution < 1.29 is 0 Å². The second-order valence-electron chi connectivity index (χ2n) is 1.49. The van der Waals surface area contributed by atoms with Crippen LogP contribution in [0.2, 0.25) is 6.55 Å². The zero-order chi connectivity index (χ0) is 4.99. The number of rotatable bonds is 2. The van der Waals surface area contributed by atoms with Crippen LogP contribution in [0.25, 0.3) is 0 Å². The van der Waals surface area contributed by atoms with Crippen LogP contribution in [-0.2, 0) is 0 Å². The van der Waals surface area contributed by atoms with Crippen molar-refractivity contribution in [2.24, 2.45) is 0 Å². The molecule has 38 valence electrons. The van der Waals surface area contributed by atoms with Crippen molar-refractivity contribution in [2.75, 3.05) is 13.6 Å². The highest BCUT2D eigenvalue weighted by Gasteiger charge is 1.82. The number of hydrogen-bond donors (Lipinski definition) is 0. The van der Waals surface area contributed by atoms with E-state index in [-0.39, 0.29) is 9.68 Å². The molecule has 0 aliphatic carbocycles. The largest absolute Gasteiger partial charge is 0.332 e. The zero-order valence-corrected chi connectivity index (χ0v) is 6.28. The van der Waals surface area contributed by atoms with Crippen molar-refractivity contribution in [3.8, 4) is 0 Å². The Bertz CT molecular complexity index is 26.7. The fourth-order valence-corrected chi connectivity index (χ4v) is 0.671. The van der Waals surface area contributed by atoms with Crippen LogP contribution in [0, 0.1) is 0 Å². The van der Waals surface area contributed by atoms with Gasteiger partial charge in [-0.25, -0.2) is 0 Å². The van der Waals surface area contributed by atoms with Gasteiger partial charge < -0.3 is 4.57 Å². The normalized spacial score (nSPS) is 12.0. The molecule has 0 spiro atoms. The molecular weight excluding hydrogens is 90.1 g/mol. The Hall–Kier alpha value is 0.177. The third kappa shape index (κ3) is 2.42. The predicted molar refractivity (Wildman–Crippen MR) is 32.7 cm³/mol. The molecule has 0 amide bonds. The summed E-state index contributed by atoms with van der Waals surface area (Å²) in [6.45, 7) is 5.71. The summed E-state index contributed by atoms with van der Waals surface area (Å²) < 4.78 is 2.39. The molecule has 1 nitrogen and oxygen atoms in total. The van der Waals surface area contributed by atoms with Gasteiger partial charge in [0.25, 0.3) is 0 Å². The lowest BCUT2D eigenvalue weighted by Gasteiger charge is -2.07. The second kappa shape index (κ2) is 3.37. The molecule has 0 fully saturated rings. The zero-order valence-electron chi connectivity index (χ0n) is 4.86. The first-order valence-corrected chi connectivity index (χ1v) is 4.54. The van der Waals surface area contributed by atoms with Crippen LogP contribution in [0.4, 0.5) is 0 Å². The topological polar surface area (TPSA) is 3.24 Å². The highest BCUT2D eigenvalue weighted by Crippen LogP contribution is 1.71. The van der Waals surface area contributed by atoms with E-state index >= 15 is 0 Å². The Morgan fingerprint density at radius 1 is 1.67 bits per heavy atom. The predicted octanol–water partition coefficient (Wildman–Crippen LogP) is 0.0700. The second-order valence-corrected chi connectivity index (χ2v) is 3.20. The lowest BCUT2D eigenvalue weighted by atomic mass is 10.8. The minimum absolute atomic E-state index is 0.172. The third-order valence-corrected chi connectivity index (χ3v) is 2.61. The maximum Gasteiger partial charge on any atom is 0.0916 e. The molecule has 0 aliphatic heterocycles. The van der Waals surface area contributed by atoms with Gasteiger partial charge >= 0.3 is 0 Å². The van der Waals surface area contributed by atoms with E-state index in [4.69, 9.17) is 0 Å². The summed E-state index contributed by atoms with van der Waals surface area (Å²) in [6.07, 6.45) is 0. The molecule has 0 aromatic carbocycles. The van der Waals surface area contributed by atoms with Crippen molar-refractivity contribution in [1.29, 1.82) is 0 Å². The van der Waals surface area contributed by atoms with E-state index < -0.39 is 0 Å². The summed E-state index contributed by atoms with van der Waals surface area (Å²) in [5.41, 5.74) is 0. The molecule has 0 aliphatic rings. The molecule has 0 saturated heterocycles. The smallest absolute Gasteiger partial charge is 0.0916 e. The number of hydrogen-bond acceptors (Lipinski definition) is 1. The lowest BCUT2D eigenvalue weighted by Crippen LogP contribution is -2.19. The highest BCUT2D eigenvalue weighted by atomic mass is 28.2. The van der Waals surface area contributed by atoms with E-state index in [2.05, 4.69) is 25.1 Å². The van der Waals surface area contributed by atoms with Gasteiger partial charge in [-0.15, -0.1) is 0 Å². The Labute approximate surface area is 42.2 Å². The Morgan fingerprint density at radius 2 is 2.17 bits per heavy atom. The van der Waals surface area contributed by atoms with Gasteiger partial charge in [0.1, 0.15) is 0 Å². The fraction of sp³-hybridized carbons (Fsp3) is 1.00. The van der Waals surface area contributed by atoms with E-state index in [1.807, 2.05) is 0 Å². The first-order valence-electron chi connectivity index (χ1n) is 2.49. The van der Waals surface area contributed by atoms with Gasteiger partial charge in [-0.3, -0.25) is 0 Å². The number of nitrogens with zero attached hydrogens (tertiary/aromatic N) is 1. The van der Waals surface area contributed by atoms with Crippen molar-refractivity contribution in [1.82, 2.24) is 4.57 Å². The quantitative estimate of drug-likeness (QED) is 0.447. The van der Waals surface area contributed by atoms with Crippen LogP contribution in [0.3, 0.4) is 0 Å². The SMILES string of the molecule is CCN(C)[SiH2]C. The maximum atomic E-state index is 2.39. The van der Waals surface area contributed by atoms with Crippen molar-refractivity contribution in [3.05, 3.63) is 0 Å². The molecule has 0 aromatic heterocycles. The summed E-state index contributed by atoms with van der Waals surface area (Å²) >= 11 is 0. The van der Waals surface area contributed by atoms with Gasteiger partial charge in [-0.05, 0) is 13.6 Å². The summed E-state index contributed by atoms with van der Waals surface area (Å²) in [5, 5.41) is 0. The molecule has 2 heteroatoms.